The van der Waals surface area contributed by atoms with E-state index in [-0.39, 0.29) is 17.7 Å². The molecule has 1 unspecified atom stereocenters. The van der Waals surface area contributed by atoms with Gasteiger partial charge < -0.3 is 15.8 Å². The molecule has 0 bridgehead atoms. The Balaban J connectivity index is 1.57. The van der Waals surface area contributed by atoms with E-state index in [0.717, 1.165) is 44.9 Å². The molecule has 7 heteroatoms. The van der Waals surface area contributed by atoms with Gasteiger partial charge in [0.2, 0.25) is 5.91 Å². The second kappa shape index (κ2) is 10.9. The zero-order valence-electron chi connectivity index (χ0n) is 19.1. The van der Waals surface area contributed by atoms with Crippen LogP contribution < -0.4 is 15.8 Å². The van der Waals surface area contributed by atoms with Gasteiger partial charge in [0.1, 0.15) is 16.6 Å². The number of nitrogen functional groups attached to an aromatic ring is 1. The highest BCUT2D eigenvalue weighted by atomic mass is 32.1. The molecule has 4 rings (SSSR count). The first-order chi connectivity index (χ1) is 16.5. The van der Waals surface area contributed by atoms with Crippen molar-refractivity contribution in [1.29, 1.82) is 5.41 Å². The Bertz CT molecular complexity index is 1290. The van der Waals surface area contributed by atoms with Gasteiger partial charge in [0.25, 0.3) is 0 Å². The maximum absolute atomic E-state index is 11.0. The first-order valence-electron chi connectivity index (χ1n) is 11.3. The fourth-order valence-corrected chi connectivity index (χ4v) is 4.95. The molecule has 0 fully saturated rings. The van der Waals surface area contributed by atoms with Crippen LogP contribution in [0.25, 0.3) is 10.2 Å². The summed E-state index contributed by atoms with van der Waals surface area (Å²) >= 11 is 1.68. The molecule has 1 heterocycles. The van der Waals surface area contributed by atoms with Crippen molar-refractivity contribution in [2.75, 3.05) is 13.2 Å². The van der Waals surface area contributed by atoms with Crippen molar-refractivity contribution >= 4 is 33.3 Å². The third-order valence-corrected chi connectivity index (χ3v) is 6.65. The summed E-state index contributed by atoms with van der Waals surface area (Å²) in [7, 11) is 0. The van der Waals surface area contributed by atoms with Gasteiger partial charge in [-0.25, -0.2) is 4.98 Å². The summed E-state index contributed by atoms with van der Waals surface area (Å²) in [6.07, 6.45) is 1.51. The fourth-order valence-electron chi connectivity index (χ4n) is 3.82. The van der Waals surface area contributed by atoms with Gasteiger partial charge in [-0.1, -0.05) is 48.5 Å². The summed E-state index contributed by atoms with van der Waals surface area (Å²) < 4.78 is 6.95. The van der Waals surface area contributed by atoms with E-state index in [2.05, 4.69) is 35.6 Å². The largest absolute Gasteiger partial charge is 0.493 e. The van der Waals surface area contributed by atoms with Crippen LogP contribution in [-0.4, -0.2) is 29.9 Å². The summed E-state index contributed by atoms with van der Waals surface area (Å²) in [5, 5.41) is 11.6. The molecular formula is C27H28N4O2S. The van der Waals surface area contributed by atoms with Crippen molar-refractivity contribution in [3.63, 3.8) is 0 Å². The highest BCUT2D eigenvalue weighted by molar-refractivity contribution is 7.18. The average Bonchev–Trinajstić information content (AvgIpc) is 3.26. The number of carbonyl (C=O) groups excluding carboxylic acids is 1. The van der Waals surface area contributed by atoms with Crippen LogP contribution in [0.3, 0.4) is 0 Å². The van der Waals surface area contributed by atoms with E-state index in [1.54, 1.807) is 11.3 Å². The molecule has 34 heavy (non-hydrogen) atoms. The van der Waals surface area contributed by atoms with Gasteiger partial charge in [-0.05, 0) is 48.2 Å². The lowest BCUT2D eigenvalue weighted by Gasteiger charge is -2.16. The van der Waals surface area contributed by atoms with Crippen LogP contribution >= 0.6 is 11.3 Å². The first-order valence-corrected chi connectivity index (χ1v) is 12.1. The van der Waals surface area contributed by atoms with Gasteiger partial charge in [-0.3, -0.25) is 10.2 Å². The van der Waals surface area contributed by atoms with Crippen molar-refractivity contribution in [1.82, 2.24) is 10.3 Å². The molecule has 0 spiro atoms. The number of amides is 1. The number of carbonyl (C=O) groups is 1. The summed E-state index contributed by atoms with van der Waals surface area (Å²) in [5.74, 6) is 0.932. The van der Waals surface area contributed by atoms with Crippen molar-refractivity contribution in [3.05, 3.63) is 94.5 Å². The van der Waals surface area contributed by atoms with Crippen LogP contribution in [0.5, 0.6) is 5.75 Å². The predicted molar refractivity (Wildman–Crippen MR) is 138 cm³/mol. The second-order valence-electron chi connectivity index (χ2n) is 8.15. The van der Waals surface area contributed by atoms with E-state index in [1.807, 2.05) is 42.5 Å². The van der Waals surface area contributed by atoms with Gasteiger partial charge in [-0.15, -0.1) is 11.3 Å². The second-order valence-corrected chi connectivity index (χ2v) is 9.21. The number of ether oxygens (including phenoxy) is 1. The lowest BCUT2D eigenvalue weighted by molar-refractivity contribution is -0.118. The fraction of sp³-hybridized carbons (Fsp3) is 0.222. The molecule has 0 aliphatic carbocycles. The highest BCUT2D eigenvalue weighted by Gasteiger charge is 2.20. The van der Waals surface area contributed by atoms with Crippen LogP contribution in [0.2, 0.25) is 0 Å². The molecule has 4 aromatic rings. The topological polar surface area (TPSA) is 101 Å². The SMILES string of the molecule is CC(=O)NCCCOc1ccc2nc(C(Cc3cccc(C(=N)N)c3)c3ccccc3)sc2c1. The van der Waals surface area contributed by atoms with E-state index in [0.29, 0.717) is 13.2 Å². The quantitative estimate of drug-likeness (QED) is 0.174. The number of nitrogens with two attached hydrogens (primary N) is 1. The molecule has 1 amide bonds. The number of benzene rings is 3. The zero-order valence-corrected chi connectivity index (χ0v) is 19.9. The summed E-state index contributed by atoms with van der Waals surface area (Å²) in [6.45, 7) is 2.65. The molecule has 174 valence electrons. The van der Waals surface area contributed by atoms with Gasteiger partial charge in [-0.2, -0.15) is 0 Å². The Morgan fingerprint density at radius 3 is 2.71 bits per heavy atom. The van der Waals surface area contributed by atoms with Crippen LogP contribution in [0.1, 0.15) is 41.0 Å². The minimum Gasteiger partial charge on any atom is -0.493 e. The summed E-state index contributed by atoms with van der Waals surface area (Å²) in [6, 6.07) is 24.2. The number of rotatable bonds is 10. The minimum absolute atomic E-state index is 0.0281. The predicted octanol–water partition coefficient (Wildman–Crippen LogP) is 4.86. The monoisotopic (exact) mass is 472 g/mol. The van der Waals surface area contributed by atoms with E-state index < -0.39 is 0 Å². The molecule has 0 saturated heterocycles. The number of nitrogens with one attached hydrogen (secondary N) is 2. The Labute approximate surface area is 203 Å². The molecule has 1 atom stereocenters. The maximum atomic E-state index is 11.0. The van der Waals surface area contributed by atoms with E-state index in [1.165, 1.54) is 12.5 Å². The Morgan fingerprint density at radius 2 is 1.94 bits per heavy atom. The number of nitrogens with zero attached hydrogens (tertiary/aromatic N) is 1. The first kappa shape index (κ1) is 23.4. The van der Waals surface area contributed by atoms with Gasteiger partial charge in [0, 0.05) is 24.9 Å². The molecule has 0 aliphatic heterocycles. The number of hydrogen-bond donors (Lipinski definition) is 3. The molecule has 3 aromatic carbocycles. The van der Waals surface area contributed by atoms with Crippen LogP contribution in [0, 0.1) is 5.41 Å². The molecular weight excluding hydrogens is 444 g/mol. The lowest BCUT2D eigenvalue weighted by atomic mass is 9.92. The number of thiazole rings is 1. The van der Waals surface area contributed by atoms with Crippen LogP contribution in [-0.2, 0) is 11.2 Å². The molecule has 0 saturated carbocycles. The molecule has 6 nitrogen and oxygen atoms in total. The Hall–Kier alpha value is -3.71. The summed E-state index contributed by atoms with van der Waals surface area (Å²) in [5.41, 5.74) is 9.70. The van der Waals surface area contributed by atoms with Gasteiger partial charge in [0.05, 0.1) is 16.8 Å². The number of hydrogen-bond acceptors (Lipinski definition) is 5. The Kier molecular flexibility index (Phi) is 7.54. The average molecular weight is 473 g/mol. The Morgan fingerprint density at radius 1 is 1.12 bits per heavy atom. The van der Waals surface area contributed by atoms with E-state index >= 15 is 0 Å². The van der Waals surface area contributed by atoms with Gasteiger partial charge in [0.15, 0.2) is 0 Å². The van der Waals surface area contributed by atoms with Crippen LogP contribution in [0.4, 0.5) is 0 Å². The molecule has 1 aromatic heterocycles. The number of fused-ring (bicyclic) bond motifs is 1. The highest BCUT2D eigenvalue weighted by Crippen LogP contribution is 2.35. The lowest BCUT2D eigenvalue weighted by Crippen LogP contribution is -2.22. The smallest absolute Gasteiger partial charge is 0.216 e. The molecule has 4 N–H and O–H groups in total. The normalized spacial score (nSPS) is 11.8. The van der Waals surface area contributed by atoms with Crippen LogP contribution in [0.15, 0.2) is 72.8 Å². The van der Waals surface area contributed by atoms with Crippen molar-refractivity contribution in [3.8, 4) is 5.75 Å². The number of aromatic nitrogens is 1. The molecule has 0 radical (unpaired) electrons. The van der Waals surface area contributed by atoms with Crippen molar-refractivity contribution < 1.29 is 9.53 Å². The number of amidine groups is 1. The molecule has 0 aliphatic rings. The van der Waals surface area contributed by atoms with Crippen molar-refractivity contribution in [2.45, 2.75) is 25.7 Å². The van der Waals surface area contributed by atoms with Gasteiger partial charge >= 0.3 is 0 Å². The third-order valence-electron chi connectivity index (χ3n) is 5.52. The minimum atomic E-state index is -0.0281. The summed E-state index contributed by atoms with van der Waals surface area (Å²) in [4.78, 5) is 15.9. The van der Waals surface area contributed by atoms with E-state index in [4.69, 9.17) is 20.9 Å². The van der Waals surface area contributed by atoms with Crippen molar-refractivity contribution in [2.24, 2.45) is 5.73 Å². The maximum Gasteiger partial charge on any atom is 0.216 e. The zero-order chi connectivity index (χ0) is 23.9. The third kappa shape index (κ3) is 5.99. The standard InChI is InChI=1S/C27H28N4O2S/c1-18(32)30-13-6-14-33-22-11-12-24-25(17-22)34-27(31-24)23(20-8-3-2-4-9-20)16-19-7-5-10-21(15-19)26(28)29/h2-5,7-12,15,17,23H,6,13-14,16H2,1H3,(H3,28,29)(H,30,32). The van der Waals surface area contributed by atoms with E-state index in [9.17, 15) is 4.79 Å².